The number of ether oxygens (including phenoxy) is 1. The van der Waals surface area contributed by atoms with E-state index in [0.717, 1.165) is 5.56 Å². The van der Waals surface area contributed by atoms with Gasteiger partial charge in [-0.2, -0.15) is 0 Å². The predicted octanol–water partition coefficient (Wildman–Crippen LogP) is 5.74. The predicted molar refractivity (Wildman–Crippen MR) is 103 cm³/mol. The lowest BCUT2D eigenvalue weighted by Crippen LogP contribution is -2.10. The fraction of sp³-hybridized carbons (Fsp3) is 0.105. The van der Waals surface area contributed by atoms with Crippen molar-refractivity contribution in [3.05, 3.63) is 85.0 Å². The van der Waals surface area contributed by atoms with E-state index >= 15 is 0 Å². The van der Waals surface area contributed by atoms with Gasteiger partial charge in [0.05, 0.1) is 12.1 Å². The number of halogens is 4. The summed E-state index contributed by atoms with van der Waals surface area (Å²) in [6.07, 6.45) is 1.93. The summed E-state index contributed by atoms with van der Waals surface area (Å²) < 4.78 is 18.6. The van der Waals surface area contributed by atoms with Crippen molar-refractivity contribution in [2.24, 2.45) is 0 Å². The van der Waals surface area contributed by atoms with Crippen LogP contribution in [0.1, 0.15) is 11.1 Å². The minimum absolute atomic E-state index is 0.0185. The normalized spacial score (nSPS) is 10.8. The van der Waals surface area contributed by atoms with Crippen LogP contribution in [0, 0.1) is 5.82 Å². The molecule has 1 aromatic heterocycles. The van der Waals surface area contributed by atoms with Crippen LogP contribution >= 0.6 is 34.8 Å². The van der Waals surface area contributed by atoms with Gasteiger partial charge < -0.3 is 9.72 Å². The highest BCUT2D eigenvalue weighted by Gasteiger charge is 2.17. The Morgan fingerprint density at radius 3 is 2.50 bits per heavy atom. The SMILES string of the molecule is COc1ccc(Cl)c(Cc2c[nH]c(=O)c(Cl)c2-c2ccc(F)cc2Cl)c1. The van der Waals surface area contributed by atoms with Crippen molar-refractivity contribution in [3.63, 3.8) is 0 Å². The Labute approximate surface area is 164 Å². The molecular formula is C19H13Cl3FNO2. The van der Waals surface area contributed by atoms with E-state index in [1.54, 1.807) is 31.5 Å². The first-order valence-electron chi connectivity index (χ1n) is 7.58. The van der Waals surface area contributed by atoms with Gasteiger partial charge in [0.2, 0.25) is 0 Å². The van der Waals surface area contributed by atoms with Gasteiger partial charge in [-0.3, -0.25) is 4.79 Å². The molecule has 0 aliphatic rings. The number of aromatic amines is 1. The average molecular weight is 413 g/mol. The lowest BCUT2D eigenvalue weighted by atomic mass is 9.96. The van der Waals surface area contributed by atoms with Gasteiger partial charge in [-0.1, -0.05) is 34.8 Å². The Bertz CT molecular complexity index is 1030. The molecule has 0 amide bonds. The van der Waals surface area contributed by atoms with Crippen molar-refractivity contribution in [2.75, 3.05) is 7.11 Å². The maximum absolute atomic E-state index is 13.4. The van der Waals surface area contributed by atoms with Crippen LogP contribution in [0.2, 0.25) is 15.1 Å². The lowest BCUT2D eigenvalue weighted by molar-refractivity contribution is 0.414. The molecule has 0 aliphatic heterocycles. The Morgan fingerprint density at radius 1 is 1.04 bits per heavy atom. The second kappa shape index (κ2) is 7.70. The first-order valence-corrected chi connectivity index (χ1v) is 8.72. The molecule has 7 heteroatoms. The third-order valence-electron chi connectivity index (χ3n) is 3.95. The average Bonchev–Trinajstić information content (AvgIpc) is 2.61. The molecule has 0 fully saturated rings. The summed E-state index contributed by atoms with van der Waals surface area (Å²) in [6.45, 7) is 0. The van der Waals surface area contributed by atoms with E-state index in [2.05, 4.69) is 4.98 Å². The number of H-pyrrole nitrogens is 1. The van der Waals surface area contributed by atoms with Crippen LogP contribution in [0.5, 0.6) is 5.75 Å². The minimum Gasteiger partial charge on any atom is -0.497 e. The molecule has 0 spiro atoms. The molecule has 1 N–H and O–H groups in total. The summed E-state index contributed by atoms with van der Waals surface area (Å²) in [7, 11) is 1.56. The van der Waals surface area contributed by atoms with Crippen LogP contribution in [-0.4, -0.2) is 12.1 Å². The third kappa shape index (κ3) is 3.73. The Morgan fingerprint density at radius 2 is 1.81 bits per heavy atom. The van der Waals surface area contributed by atoms with Gasteiger partial charge in [0.25, 0.3) is 5.56 Å². The van der Waals surface area contributed by atoms with Crippen molar-refractivity contribution >= 4 is 34.8 Å². The summed E-state index contributed by atoms with van der Waals surface area (Å²) in [6, 6.07) is 9.22. The highest BCUT2D eigenvalue weighted by atomic mass is 35.5. The van der Waals surface area contributed by atoms with Gasteiger partial charge in [0, 0.05) is 28.8 Å². The molecule has 0 bridgehead atoms. The monoisotopic (exact) mass is 411 g/mol. The van der Waals surface area contributed by atoms with Crippen molar-refractivity contribution in [1.82, 2.24) is 4.98 Å². The molecule has 2 aromatic carbocycles. The fourth-order valence-corrected chi connectivity index (χ4v) is 3.41. The molecule has 3 nitrogen and oxygen atoms in total. The van der Waals surface area contributed by atoms with E-state index in [1.165, 1.54) is 18.2 Å². The quantitative estimate of drug-likeness (QED) is 0.593. The summed E-state index contributed by atoms with van der Waals surface area (Å²) >= 11 is 18.7. The molecule has 0 aliphatic carbocycles. The van der Waals surface area contributed by atoms with Crippen LogP contribution in [0.25, 0.3) is 11.1 Å². The van der Waals surface area contributed by atoms with E-state index in [1.807, 2.05) is 0 Å². The highest BCUT2D eigenvalue weighted by molar-refractivity contribution is 6.36. The smallest absolute Gasteiger partial charge is 0.267 e. The van der Waals surface area contributed by atoms with Gasteiger partial charge in [0.15, 0.2) is 0 Å². The second-order valence-corrected chi connectivity index (χ2v) is 6.78. The van der Waals surface area contributed by atoms with Crippen LogP contribution in [0.3, 0.4) is 0 Å². The Balaban J connectivity index is 2.17. The Hall–Kier alpha value is -2.01. The lowest BCUT2D eigenvalue weighted by Gasteiger charge is -2.14. The topological polar surface area (TPSA) is 42.1 Å². The third-order valence-corrected chi connectivity index (χ3v) is 4.99. The van der Waals surface area contributed by atoms with Crippen molar-refractivity contribution in [2.45, 2.75) is 6.42 Å². The van der Waals surface area contributed by atoms with Crippen LogP contribution in [0.4, 0.5) is 4.39 Å². The van der Waals surface area contributed by atoms with E-state index in [0.29, 0.717) is 33.9 Å². The first kappa shape index (κ1) is 18.8. The van der Waals surface area contributed by atoms with Crippen molar-refractivity contribution in [1.29, 1.82) is 0 Å². The van der Waals surface area contributed by atoms with Crippen molar-refractivity contribution < 1.29 is 9.13 Å². The number of pyridine rings is 1. The number of methoxy groups -OCH3 is 1. The molecule has 0 atom stereocenters. The molecule has 0 unspecified atom stereocenters. The first-order chi connectivity index (χ1) is 12.4. The van der Waals surface area contributed by atoms with Crippen LogP contribution < -0.4 is 10.3 Å². The second-order valence-electron chi connectivity index (χ2n) is 5.59. The van der Waals surface area contributed by atoms with Crippen LogP contribution in [-0.2, 0) is 6.42 Å². The molecule has 134 valence electrons. The van der Waals surface area contributed by atoms with E-state index in [9.17, 15) is 9.18 Å². The highest BCUT2D eigenvalue weighted by Crippen LogP contribution is 2.36. The van der Waals surface area contributed by atoms with Gasteiger partial charge in [0.1, 0.15) is 16.6 Å². The van der Waals surface area contributed by atoms with Gasteiger partial charge >= 0.3 is 0 Å². The zero-order valence-electron chi connectivity index (χ0n) is 13.6. The molecule has 0 saturated heterocycles. The van der Waals surface area contributed by atoms with Gasteiger partial charge in [-0.25, -0.2) is 4.39 Å². The summed E-state index contributed by atoms with van der Waals surface area (Å²) in [5.74, 6) is 0.179. The zero-order chi connectivity index (χ0) is 18.8. The van der Waals surface area contributed by atoms with E-state index in [-0.39, 0.29) is 10.0 Å². The number of benzene rings is 2. The number of rotatable bonds is 4. The summed E-state index contributed by atoms with van der Waals surface area (Å²) in [5.41, 5.74) is 1.94. The molecule has 26 heavy (non-hydrogen) atoms. The van der Waals surface area contributed by atoms with E-state index in [4.69, 9.17) is 39.5 Å². The van der Waals surface area contributed by atoms with Gasteiger partial charge in [-0.15, -0.1) is 0 Å². The van der Waals surface area contributed by atoms with E-state index < -0.39 is 11.4 Å². The standard InChI is InChI=1S/C19H13Cl3FNO2/c1-26-13-3-5-15(20)10(7-13)6-11-9-24-19(25)18(22)17(11)14-4-2-12(23)8-16(14)21/h2-5,7-9H,6H2,1H3,(H,24,25). The molecule has 3 aromatic rings. The minimum atomic E-state index is -0.475. The van der Waals surface area contributed by atoms with Crippen molar-refractivity contribution in [3.8, 4) is 16.9 Å². The van der Waals surface area contributed by atoms with Crippen LogP contribution in [0.15, 0.2) is 47.4 Å². The molecule has 1 heterocycles. The largest absolute Gasteiger partial charge is 0.497 e. The summed E-state index contributed by atoms with van der Waals surface area (Å²) in [5, 5.41) is 0.690. The molecule has 0 radical (unpaired) electrons. The number of hydrogen-bond donors (Lipinski definition) is 1. The molecular weight excluding hydrogens is 400 g/mol. The summed E-state index contributed by atoms with van der Waals surface area (Å²) in [4.78, 5) is 14.6. The van der Waals surface area contributed by atoms with Gasteiger partial charge in [-0.05, 0) is 47.5 Å². The zero-order valence-corrected chi connectivity index (χ0v) is 15.8. The maximum Gasteiger partial charge on any atom is 0.267 e. The fourth-order valence-electron chi connectivity index (χ4n) is 2.68. The molecule has 3 rings (SSSR count). The Kier molecular flexibility index (Phi) is 5.56. The maximum atomic E-state index is 13.4. The number of nitrogens with one attached hydrogen (secondary N) is 1. The number of hydrogen-bond acceptors (Lipinski definition) is 2. The molecule has 0 saturated carbocycles. The number of aromatic nitrogens is 1.